The van der Waals surface area contributed by atoms with E-state index in [9.17, 15) is 14.4 Å². The summed E-state index contributed by atoms with van der Waals surface area (Å²) in [6, 6.07) is 9.95. The number of aromatic nitrogens is 1. The number of hydrogen-bond donors (Lipinski definition) is 2. The number of methoxy groups -OCH3 is 1. The highest BCUT2D eigenvalue weighted by atomic mass is 16.5. The summed E-state index contributed by atoms with van der Waals surface area (Å²) >= 11 is 0. The molecule has 2 N–H and O–H groups in total. The van der Waals surface area contributed by atoms with Crippen molar-refractivity contribution >= 4 is 34.5 Å². The van der Waals surface area contributed by atoms with Gasteiger partial charge in [-0.05, 0) is 41.3 Å². The fourth-order valence-corrected chi connectivity index (χ4v) is 4.85. The summed E-state index contributed by atoms with van der Waals surface area (Å²) in [4.78, 5) is 44.8. The number of nitrogens with one attached hydrogen (secondary N) is 2. The number of furan rings is 1. The molecule has 2 aliphatic heterocycles. The molecule has 4 heterocycles. The number of benzene rings is 1. The van der Waals surface area contributed by atoms with Gasteiger partial charge < -0.3 is 19.4 Å². The molecule has 4 amide bonds. The van der Waals surface area contributed by atoms with Crippen LogP contribution in [0.25, 0.3) is 16.7 Å². The van der Waals surface area contributed by atoms with Crippen molar-refractivity contribution in [2.45, 2.75) is 19.0 Å². The average Bonchev–Trinajstić information content (AvgIpc) is 3.60. The Kier molecular flexibility index (Phi) is 4.57. The summed E-state index contributed by atoms with van der Waals surface area (Å²) in [7, 11) is 1.54. The Labute approximate surface area is 200 Å². The summed E-state index contributed by atoms with van der Waals surface area (Å²) in [5, 5.41) is 5.00. The van der Waals surface area contributed by atoms with Crippen molar-refractivity contribution in [1.29, 1.82) is 0 Å². The molecule has 1 fully saturated rings. The maximum absolute atomic E-state index is 13.2. The highest BCUT2D eigenvalue weighted by molar-refractivity contribution is 6.08. The number of carbonyl (C=O) groups is 3. The van der Waals surface area contributed by atoms with E-state index in [2.05, 4.69) is 29.7 Å². The van der Waals surface area contributed by atoms with Crippen molar-refractivity contribution in [1.82, 2.24) is 20.5 Å². The standard InChI is InChI=1S/C26H22N4O5/c1-14-3-4-15(9-14)19-7-8-21-20(27-19)11-22(35-21)26(24(32)28-25(33)29-26)13-30-12-16-5-6-17(34-2)10-18(16)23(30)31/h3-11,14H,12-13H2,1-2H3,(H2,28,29,32,33). The zero-order valence-electron chi connectivity index (χ0n) is 19.1. The van der Waals surface area contributed by atoms with E-state index in [0.29, 0.717) is 34.9 Å². The molecule has 0 saturated carbocycles. The Morgan fingerprint density at radius 2 is 2.06 bits per heavy atom. The first kappa shape index (κ1) is 21.2. The van der Waals surface area contributed by atoms with E-state index in [4.69, 9.17) is 14.1 Å². The third kappa shape index (κ3) is 3.30. The van der Waals surface area contributed by atoms with Gasteiger partial charge in [0.2, 0.25) is 0 Å². The Morgan fingerprint density at radius 3 is 2.77 bits per heavy atom. The average molecular weight is 470 g/mol. The molecule has 3 aliphatic rings. The van der Waals surface area contributed by atoms with E-state index in [1.807, 2.05) is 18.2 Å². The third-order valence-electron chi connectivity index (χ3n) is 6.68. The monoisotopic (exact) mass is 470 g/mol. The molecule has 0 radical (unpaired) electrons. The predicted molar refractivity (Wildman–Crippen MR) is 126 cm³/mol. The van der Waals surface area contributed by atoms with E-state index in [0.717, 1.165) is 16.8 Å². The Hall–Kier alpha value is -4.40. The maximum atomic E-state index is 13.2. The van der Waals surface area contributed by atoms with Gasteiger partial charge >= 0.3 is 6.03 Å². The second-order valence-corrected chi connectivity index (χ2v) is 9.03. The largest absolute Gasteiger partial charge is 0.497 e. The molecule has 1 saturated heterocycles. The highest BCUT2D eigenvalue weighted by Crippen LogP contribution is 2.35. The van der Waals surface area contributed by atoms with Gasteiger partial charge in [0.05, 0.1) is 19.3 Å². The van der Waals surface area contributed by atoms with E-state index < -0.39 is 17.5 Å². The van der Waals surface area contributed by atoms with Crippen LogP contribution in [0.1, 0.15) is 34.3 Å². The number of amides is 4. The molecule has 2 aromatic heterocycles. The van der Waals surface area contributed by atoms with Crippen LogP contribution in [0.2, 0.25) is 0 Å². The molecule has 0 spiro atoms. The van der Waals surface area contributed by atoms with Crippen molar-refractivity contribution < 1.29 is 23.5 Å². The van der Waals surface area contributed by atoms with Crippen LogP contribution < -0.4 is 15.4 Å². The molecule has 35 heavy (non-hydrogen) atoms. The highest BCUT2D eigenvalue weighted by Gasteiger charge is 2.53. The van der Waals surface area contributed by atoms with Crippen LogP contribution in [-0.2, 0) is 16.9 Å². The lowest BCUT2D eigenvalue weighted by atomic mass is 9.95. The molecule has 9 heteroatoms. The van der Waals surface area contributed by atoms with Gasteiger partial charge in [0.25, 0.3) is 11.8 Å². The molecule has 1 aliphatic carbocycles. The Bertz CT molecular complexity index is 1490. The van der Waals surface area contributed by atoms with E-state index >= 15 is 0 Å². The van der Waals surface area contributed by atoms with Gasteiger partial charge in [0.1, 0.15) is 17.0 Å². The molecule has 2 unspecified atom stereocenters. The fourth-order valence-electron chi connectivity index (χ4n) is 4.85. The first-order valence-corrected chi connectivity index (χ1v) is 11.3. The first-order valence-electron chi connectivity index (χ1n) is 11.3. The number of urea groups is 1. The van der Waals surface area contributed by atoms with Crippen molar-refractivity contribution in [2.75, 3.05) is 13.7 Å². The molecule has 176 valence electrons. The number of allylic oxidation sites excluding steroid dienone is 4. The predicted octanol–water partition coefficient (Wildman–Crippen LogP) is 3.12. The van der Waals surface area contributed by atoms with Crippen LogP contribution in [0.4, 0.5) is 4.79 Å². The molecule has 6 rings (SSSR count). The van der Waals surface area contributed by atoms with Crippen molar-refractivity contribution in [3.8, 4) is 5.75 Å². The van der Waals surface area contributed by atoms with Gasteiger partial charge in [-0.3, -0.25) is 14.9 Å². The quantitative estimate of drug-likeness (QED) is 0.554. The van der Waals surface area contributed by atoms with Crippen LogP contribution in [0.5, 0.6) is 5.75 Å². The second kappa shape index (κ2) is 7.56. The van der Waals surface area contributed by atoms with E-state index in [1.165, 1.54) is 12.0 Å². The lowest BCUT2D eigenvalue weighted by Gasteiger charge is -2.28. The van der Waals surface area contributed by atoms with Crippen molar-refractivity contribution in [2.24, 2.45) is 5.92 Å². The van der Waals surface area contributed by atoms with Crippen LogP contribution >= 0.6 is 0 Å². The summed E-state index contributed by atoms with van der Waals surface area (Å²) in [5.41, 5.74) is 2.58. The molecule has 3 aromatic rings. The zero-order valence-corrected chi connectivity index (χ0v) is 19.1. The fraction of sp³-hybridized carbons (Fsp3) is 0.231. The number of nitrogens with zero attached hydrogens (tertiary/aromatic N) is 2. The zero-order chi connectivity index (χ0) is 24.3. The van der Waals surface area contributed by atoms with Crippen LogP contribution in [0, 0.1) is 5.92 Å². The van der Waals surface area contributed by atoms with Gasteiger partial charge in [-0.1, -0.05) is 31.2 Å². The van der Waals surface area contributed by atoms with Crippen LogP contribution in [0.15, 0.2) is 59.0 Å². The lowest BCUT2D eigenvalue weighted by molar-refractivity contribution is -0.125. The minimum Gasteiger partial charge on any atom is -0.497 e. The number of imide groups is 1. The van der Waals surface area contributed by atoms with Crippen LogP contribution in [-0.4, -0.2) is 41.4 Å². The topological polar surface area (TPSA) is 114 Å². The first-order chi connectivity index (χ1) is 16.9. The van der Waals surface area contributed by atoms with Crippen molar-refractivity contribution in [3.63, 3.8) is 0 Å². The minimum absolute atomic E-state index is 0.0987. The van der Waals surface area contributed by atoms with E-state index in [1.54, 1.807) is 24.3 Å². The normalized spacial score (nSPS) is 23.0. The molecule has 1 aromatic carbocycles. The smallest absolute Gasteiger partial charge is 0.322 e. The van der Waals surface area contributed by atoms with Gasteiger partial charge in [-0.15, -0.1) is 0 Å². The molecule has 0 bridgehead atoms. The molecule has 9 nitrogen and oxygen atoms in total. The number of fused-ring (bicyclic) bond motifs is 2. The molecular formula is C26H22N4O5. The Morgan fingerprint density at radius 1 is 1.20 bits per heavy atom. The maximum Gasteiger partial charge on any atom is 0.322 e. The lowest BCUT2D eigenvalue weighted by Crippen LogP contribution is -2.52. The SMILES string of the molecule is COc1ccc2c(c1)C(=O)N(CC1(c3cc4nc(C5=CC(C)C=C5)ccc4o3)NC(=O)NC1=O)C2. The van der Waals surface area contributed by atoms with Gasteiger partial charge in [0.15, 0.2) is 11.1 Å². The minimum atomic E-state index is -1.58. The number of hydrogen-bond acceptors (Lipinski definition) is 6. The third-order valence-corrected chi connectivity index (χ3v) is 6.68. The van der Waals surface area contributed by atoms with Crippen molar-refractivity contribution in [3.05, 3.63) is 77.2 Å². The molecule has 2 atom stereocenters. The molecular weight excluding hydrogens is 448 g/mol. The summed E-state index contributed by atoms with van der Waals surface area (Å²) in [5.74, 6) is 0.286. The second-order valence-electron chi connectivity index (χ2n) is 9.03. The summed E-state index contributed by atoms with van der Waals surface area (Å²) in [6.45, 7) is 2.29. The summed E-state index contributed by atoms with van der Waals surface area (Å²) in [6.07, 6.45) is 6.24. The Balaban J connectivity index is 1.37. The van der Waals surface area contributed by atoms with Crippen LogP contribution in [0.3, 0.4) is 0 Å². The number of pyridine rings is 1. The van der Waals surface area contributed by atoms with E-state index in [-0.39, 0.29) is 18.2 Å². The van der Waals surface area contributed by atoms with Gasteiger partial charge in [-0.2, -0.15) is 0 Å². The number of carbonyl (C=O) groups excluding carboxylic acids is 3. The van der Waals surface area contributed by atoms with Gasteiger partial charge in [-0.25, -0.2) is 9.78 Å². The summed E-state index contributed by atoms with van der Waals surface area (Å²) < 4.78 is 11.3. The number of ether oxygens (including phenoxy) is 1. The number of rotatable bonds is 5. The van der Waals surface area contributed by atoms with Gasteiger partial charge in [0, 0.05) is 18.2 Å².